The number of piperazine rings is 1. The highest BCUT2D eigenvalue weighted by Gasteiger charge is 2.24. The first-order chi connectivity index (χ1) is 8.56. The first-order valence-corrected chi connectivity index (χ1v) is 5.57. The summed E-state index contributed by atoms with van der Waals surface area (Å²) in [5.41, 5.74) is 2.69. The number of nitrogens with zero attached hydrogens (tertiary/aromatic N) is 1. The molecule has 0 radical (unpaired) electrons. The van der Waals surface area contributed by atoms with Crippen LogP contribution >= 0.6 is 11.6 Å². The van der Waals surface area contributed by atoms with Gasteiger partial charge < -0.3 is 5.32 Å². The summed E-state index contributed by atoms with van der Waals surface area (Å²) in [7, 11) is 0. The van der Waals surface area contributed by atoms with Gasteiger partial charge in [-0.05, 0) is 18.2 Å². The van der Waals surface area contributed by atoms with Crippen LogP contribution in [0.3, 0.4) is 0 Å². The molecule has 0 aliphatic carbocycles. The van der Waals surface area contributed by atoms with E-state index in [-0.39, 0.29) is 24.9 Å². The number of hydrogen-bond donors (Lipinski definition) is 2. The lowest BCUT2D eigenvalue weighted by atomic mass is 10.2. The molecule has 1 aromatic carbocycles. The second kappa shape index (κ2) is 5.05. The molecule has 3 amide bonds. The lowest BCUT2D eigenvalue weighted by Gasteiger charge is -2.26. The molecule has 0 aromatic heterocycles. The fourth-order valence-electron chi connectivity index (χ4n) is 1.48. The number of rotatable bonds is 2. The van der Waals surface area contributed by atoms with Gasteiger partial charge in [0, 0.05) is 10.6 Å². The van der Waals surface area contributed by atoms with E-state index in [1.54, 1.807) is 18.2 Å². The van der Waals surface area contributed by atoms with Gasteiger partial charge >= 0.3 is 0 Å². The predicted octanol–water partition coefficient (Wildman–Crippen LogP) is -0.0568. The Morgan fingerprint density at radius 3 is 2.89 bits per heavy atom. The summed E-state index contributed by atoms with van der Waals surface area (Å²) in [5, 5.41) is 3.79. The molecule has 94 valence electrons. The summed E-state index contributed by atoms with van der Waals surface area (Å²) < 4.78 is 0. The van der Waals surface area contributed by atoms with Crippen LogP contribution in [0.5, 0.6) is 0 Å². The van der Waals surface area contributed by atoms with Crippen LogP contribution in [0.2, 0.25) is 5.02 Å². The first kappa shape index (κ1) is 12.4. The van der Waals surface area contributed by atoms with Crippen LogP contribution in [0.15, 0.2) is 24.3 Å². The largest absolute Gasteiger partial charge is 0.345 e. The standard InChI is InChI=1S/C11H10ClN3O3/c12-8-3-1-2-7(4-8)11(18)14-15-6-9(16)13-5-10(15)17/h1-4H,5-6H2,(H,13,16)(H,14,18). The van der Waals surface area contributed by atoms with E-state index in [4.69, 9.17) is 11.6 Å². The summed E-state index contributed by atoms with van der Waals surface area (Å²) in [6, 6.07) is 6.31. The Hall–Kier alpha value is -2.08. The topological polar surface area (TPSA) is 78.5 Å². The van der Waals surface area contributed by atoms with E-state index < -0.39 is 5.91 Å². The summed E-state index contributed by atoms with van der Waals surface area (Å²) in [6.07, 6.45) is 0. The average Bonchev–Trinajstić information content (AvgIpc) is 2.34. The van der Waals surface area contributed by atoms with Crippen LogP contribution in [0.4, 0.5) is 0 Å². The number of benzene rings is 1. The summed E-state index contributed by atoms with van der Waals surface area (Å²) in [6.45, 7) is -0.306. The van der Waals surface area contributed by atoms with Gasteiger partial charge in [0.1, 0.15) is 6.54 Å². The molecule has 7 heteroatoms. The average molecular weight is 268 g/mol. The minimum Gasteiger partial charge on any atom is -0.345 e. The van der Waals surface area contributed by atoms with Gasteiger partial charge in [-0.1, -0.05) is 17.7 Å². The van der Waals surface area contributed by atoms with Crippen molar-refractivity contribution in [1.29, 1.82) is 0 Å². The van der Waals surface area contributed by atoms with Crippen molar-refractivity contribution in [2.45, 2.75) is 0 Å². The van der Waals surface area contributed by atoms with Crippen LogP contribution < -0.4 is 10.7 Å². The van der Waals surface area contributed by atoms with Crippen LogP contribution in [0, 0.1) is 0 Å². The zero-order chi connectivity index (χ0) is 13.1. The predicted molar refractivity (Wildman–Crippen MR) is 63.6 cm³/mol. The van der Waals surface area contributed by atoms with Crippen molar-refractivity contribution in [1.82, 2.24) is 15.8 Å². The number of hydrazine groups is 1. The summed E-state index contributed by atoms with van der Waals surface area (Å²) in [4.78, 5) is 34.4. The molecule has 0 saturated carbocycles. The van der Waals surface area contributed by atoms with Gasteiger partial charge in [-0.2, -0.15) is 0 Å². The fourth-order valence-corrected chi connectivity index (χ4v) is 1.67. The number of nitrogens with one attached hydrogen (secondary N) is 2. The van der Waals surface area contributed by atoms with Crippen molar-refractivity contribution in [2.24, 2.45) is 0 Å². The maximum absolute atomic E-state index is 11.8. The third-order valence-corrected chi connectivity index (χ3v) is 2.60. The normalized spacial score (nSPS) is 15.3. The van der Waals surface area contributed by atoms with Crippen molar-refractivity contribution in [3.63, 3.8) is 0 Å². The van der Waals surface area contributed by atoms with Gasteiger partial charge in [-0.3, -0.25) is 19.8 Å². The van der Waals surface area contributed by atoms with Crippen molar-refractivity contribution < 1.29 is 14.4 Å². The quantitative estimate of drug-likeness (QED) is 0.788. The molecule has 1 aliphatic heterocycles. The fraction of sp³-hybridized carbons (Fsp3) is 0.182. The molecular weight excluding hydrogens is 258 g/mol. The van der Waals surface area contributed by atoms with Gasteiger partial charge in [-0.15, -0.1) is 0 Å². The number of hydrogen-bond acceptors (Lipinski definition) is 3. The number of carbonyl (C=O) groups excluding carboxylic acids is 3. The molecule has 2 rings (SSSR count). The number of amides is 3. The van der Waals surface area contributed by atoms with Crippen LogP contribution in [-0.4, -0.2) is 35.8 Å². The SMILES string of the molecule is O=C1CN(NC(=O)c2cccc(Cl)c2)C(=O)CN1. The van der Waals surface area contributed by atoms with Crippen LogP contribution in [0.1, 0.15) is 10.4 Å². The van der Waals surface area contributed by atoms with E-state index >= 15 is 0 Å². The maximum atomic E-state index is 11.8. The molecule has 1 heterocycles. The molecule has 1 aromatic rings. The zero-order valence-corrected chi connectivity index (χ0v) is 10.0. The molecule has 1 saturated heterocycles. The minimum absolute atomic E-state index is 0.116. The Bertz CT molecular complexity index is 518. The minimum atomic E-state index is -0.486. The highest BCUT2D eigenvalue weighted by atomic mass is 35.5. The third kappa shape index (κ3) is 2.78. The molecule has 2 N–H and O–H groups in total. The Labute approximate surface area is 108 Å². The molecule has 0 atom stereocenters. The second-order valence-corrected chi connectivity index (χ2v) is 4.14. The molecule has 0 spiro atoms. The first-order valence-electron chi connectivity index (χ1n) is 5.20. The Morgan fingerprint density at radius 2 is 2.17 bits per heavy atom. The number of halogens is 1. The van der Waals surface area contributed by atoms with Crippen LogP contribution in [0.25, 0.3) is 0 Å². The maximum Gasteiger partial charge on any atom is 0.269 e. The molecule has 6 nitrogen and oxygen atoms in total. The molecule has 18 heavy (non-hydrogen) atoms. The molecule has 1 aliphatic rings. The lowest BCUT2D eigenvalue weighted by molar-refractivity contribution is -0.142. The van der Waals surface area contributed by atoms with E-state index in [0.29, 0.717) is 10.6 Å². The van der Waals surface area contributed by atoms with Crippen molar-refractivity contribution in [3.05, 3.63) is 34.9 Å². The van der Waals surface area contributed by atoms with Gasteiger partial charge in [0.15, 0.2) is 0 Å². The van der Waals surface area contributed by atoms with Crippen LogP contribution in [-0.2, 0) is 9.59 Å². The highest BCUT2D eigenvalue weighted by Crippen LogP contribution is 2.10. The molecule has 1 fully saturated rings. The van der Waals surface area contributed by atoms with E-state index in [9.17, 15) is 14.4 Å². The van der Waals surface area contributed by atoms with Crippen molar-refractivity contribution in [2.75, 3.05) is 13.1 Å². The van der Waals surface area contributed by atoms with E-state index in [0.717, 1.165) is 5.01 Å². The lowest BCUT2D eigenvalue weighted by Crippen LogP contribution is -2.58. The Balaban J connectivity index is 2.07. The van der Waals surface area contributed by atoms with Crippen molar-refractivity contribution >= 4 is 29.3 Å². The van der Waals surface area contributed by atoms with Gasteiger partial charge in [0.25, 0.3) is 11.8 Å². The zero-order valence-electron chi connectivity index (χ0n) is 9.27. The Kier molecular flexibility index (Phi) is 3.47. The monoisotopic (exact) mass is 267 g/mol. The van der Waals surface area contributed by atoms with E-state index in [1.165, 1.54) is 6.07 Å². The van der Waals surface area contributed by atoms with Crippen molar-refractivity contribution in [3.8, 4) is 0 Å². The Morgan fingerprint density at radius 1 is 1.39 bits per heavy atom. The molecule has 0 unspecified atom stereocenters. The van der Waals surface area contributed by atoms with Gasteiger partial charge in [0.05, 0.1) is 6.54 Å². The highest BCUT2D eigenvalue weighted by molar-refractivity contribution is 6.30. The van der Waals surface area contributed by atoms with E-state index in [1.807, 2.05) is 0 Å². The van der Waals surface area contributed by atoms with E-state index in [2.05, 4.69) is 10.7 Å². The molecule has 0 bridgehead atoms. The third-order valence-electron chi connectivity index (χ3n) is 2.36. The summed E-state index contributed by atoms with van der Waals surface area (Å²) >= 11 is 5.76. The second-order valence-electron chi connectivity index (χ2n) is 3.71. The smallest absolute Gasteiger partial charge is 0.269 e. The van der Waals surface area contributed by atoms with Gasteiger partial charge in [-0.25, -0.2) is 5.01 Å². The summed E-state index contributed by atoms with van der Waals surface area (Å²) in [5.74, 6) is -1.17. The number of carbonyl (C=O) groups is 3. The molecular formula is C11H10ClN3O3. The van der Waals surface area contributed by atoms with Gasteiger partial charge in [0.2, 0.25) is 5.91 Å².